The summed E-state index contributed by atoms with van der Waals surface area (Å²) < 4.78 is 38.0. The molecule has 18 heavy (non-hydrogen) atoms. The molecule has 2 aromatic rings. The first kappa shape index (κ1) is 13.1. The molecule has 96 valence electrons. The number of halogens is 4. The van der Waals surface area contributed by atoms with Gasteiger partial charge < -0.3 is 5.32 Å². The molecule has 2 aromatic heterocycles. The van der Waals surface area contributed by atoms with Crippen molar-refractivity contribution in [2.75, 3.05) is 12.4 Å². The van der Waals surface area contributed by atoms with E-state index in [4.69, 9.17) is 11.6 Å². The van der Waals surface area contributed by atoms with Crippen molar-refractivity contribution in [2.24, 2.45) is 0 Å². The summed E-state index contributed by atoms with van der Waals surface area (Å²) in [6.45, 7) is 0. The van der Waals surface area contributed by atoms with Gasteiger partial charge in [0, 0.05) is 7.05 Å². The van der Waals surface area contributed by atoms with Crippen LogP contribution >= 0.6 is 22.9 Å². The predicted molar refractivity (Wildman–Crippen MR) is 64.9 cm³/mol. The lowest BCUT2D eigenvalue weighted by atomic mass is 10.2. The van der Waals surface area contributed by atoms with Gasteiger partial charge in [0.15, 0.2) is 5.69 Å². The molecule has 0 saturated heterocycles. The first-order valence-electron chi connectivity index (χ1n) is 4.79. The molecule has 1 N–H and O–H groups in total. The van der Waals surface area contributed by atoms with Gasteiger partial charge in [-0.05, 0) is 17.5 Å². The Kier molecular flexibility index (Phi) is 3.45. The normalized spacial score (nSPS) is 11.6. The lowest BCUT2D eigenvalue weighted by Crippen LogP contribution is -2.11. The summed E-state index contributed by atoms with van der Waals surface area (Å²) in [7, 11) is 1.45. The monoisotopic (exact) mass is 293 g/mol. The third-order valence-electron chi connectivity index (χ3n) is 2.09. The average molecular weight is 294 g/mol. The Balaban J connectivity index is 2.58. The van der Waals surface area contributed by atoms with Crippen molar-refractivity contribution in [1.29, 1.82) is 0 Å². The molecule has 0 atom stereocenters. The lowest BCUT2D eigenvalue weighted by molar-refractivity contribution is -0.141. The zero-order valence-electron chi connectivity index (χ0n) is 9.05. The van der Waals surface area contributed by atoms with Crippen LogP contribution in [0.25, 0.3) is 10.6 Å². The number of hydrogen-bond donors (Lipinski definition) is 1. The molecule has 8 heteroatoms. The van der Waals surface area contributed by atoms with E-state index in [9.17, 15) is 13.2 Å². The van der Waals surface area contributed by atoms with E-state index in [-0.39, 0.29) is 11.6 Å². The van der Waals surface area contributed by atoms with Gasteiger partial charge in [-0.2, -0.15) is 13.2 Å². The van der Waals surface area contributed by atoms with Gasteiger partial charge in [-0.1, -0.05) is 11.6 Å². The van der Waals surface area contributed by atoms with E-state index in [2.05, 4.69) is 15.3 Å². The zero-order chi connectivity index (χ0) is 13.3. The van der Waals surface area contributed by atoms with Gasteiger partial charge in [0.25, 0.3) is 0 Å². The Morgan fingerprint density at radius 3 is 2.56 bits per heavy atom. The van der Waals surface area contributed by atoms with Crippen LogP contribution in [-0.2, 0) is 6.18 Å². The maximum absolute atomic E-state index is 12.7. The molecule has 3 nitrogen and oxygen atoms in total. The number of hydrogen-bond acceptors (Lipinski definition) is 4. The first-order chi connectivity index (χ1) is 8.41. The lowest BCUT2D eigenvalue weighted by Gasteiger charge is -2.09. The molecule has 0 bridgehead atoms. The first-order valence-corrected chi connectivity index (χ1v) is 6.05. The highest BCUT2D eigenvalue weighted by Gasteiger charge is 2.34. The number of aromatic nitrogens is 2. The predicted octanol–water partition coefficient (Wildman–Crippen LogP) is 3.92. The van der Waals surface area contributed by atoms with Crippen LogP contribution in [0.2, 0.25) is 5.02 Å². The van der Waals surface area contributed by atoms with Crippen LogP contribution in [-0.4, -0.2) is 17.0 Å². The zero-order valence-corrected chi connectivity index (χ0v) is 10.6. The topological polar surface area (TPSA) is 37.8 Å². The van der Waals surface area contributed by atoms with E-state index in [1.807, 2.05) is 0 Å². The molecule has 0 aromatic carbocycles. The van der Waals surface area contributed by atoms with Crippen LogP contribution in [0.1, 0.15) is 5.69 Å². The van der Waals surface area contributed by atoms with Crippen molar-refractivity contribution < 1.29 is 13.2 Å². The molecule has 0 unspecified atom stereocenters. The van der Waals surface area contributed by atoms with Gasteiger partial charge >= 0.3 is 6.18 Å². The van der Waals surface area contributed by atoms with E-state index in [1.54, 1.807) is 11.4 Å². The van der Waals surface area contributed by atoms with Crippen molar-refractivity contribution in [2.45, 2.75) is 6.18 Å². The number of nitrogens with zero attached hydrogens (tertiary/aromatic N) is 2. The van der Waals surface area contributed by atoms with E-state index in [1.165, 1.54) is 18.4 Å². The third kappa shape index (κ3) is 2.56. The Morgan fingerprint density at radius 1 is 1.33 bits per heavy atom. The molecule has 0 aliphatic rings. The van der Waals surface area contributed by atoms with Crippen LogP contribution in [0.3, 0.4) is 0 Å². The van der Waals surface area contributed by atoms with E-state index in [0.29, 0.717) is 9.90 Å². The summed E-state index contributed by atoms with van der Waals surface area (Å²) in [5, 5.41) is 4.56. The molecule has 0 fully saturated rings. The fourth-order valence-corrected chi connectivity index (χ4v) is 2.41. The molecule has 2 rings (SSSR count). The average Bonchev–Trinajstić information content (AvgIpc) is 2.73. The second-order valence-electron chi connectivity index (χ2n) is 3.31. The third-order valence-corrected chi connectivity index (χ3v) is 3.45. The molecule has 0 radical (unpaired) electrons. The number of anilines is 1. The highest BCUT2D eigenvalue weighted by Crippen LogP contribution is 2.35. The SMILES string of the molecule is CNc1nc(-c2sccc2Cl)cc(C(F)(F)F)n1. The van der Waals surface area contributed by atoms with Crippen LogP contribution < -0.4 is 5.32 Å². The largest absolute Gasteiger partial charge is 0.433 e. The highest BCUT2D eigenvalue weighted by molar-refractivity contribution is 7.14. The minimum absolute atomic E-state index is 0.0932. The van der Waals surface area contributed by atoms with Crippen LogP contribution in [0, 0.1) is 0 Å². The van der Waals surface area contributed by atoms with Crippen LogP contribution in [0.4, 0.5) is 19.1 Å². The van der Waals surface area contributed by atoms with Crippen molar-refractivity contribution in [3.8, 4) is 10.6 Å². The summed E-state index contributed by atoms with van der Waals surface area (Å²) in [5.74, 6) is -0.0932. The van der Waals surface area contributed by atoms with Crippen LogP contribution in [0.15, 0.2) is 17.5 Å². The Hall–Kier alpha value is -1.34. The van der Waals surface area contributed by atoms with E-state index < -0.39 is 11.9 Å². The van der Waals surface area contributed by atoms with Gasteiger partial charge in [-0.15, -0.1) is 11.3 Å². The maximum atomic E-state index is 12.7. The summed E-state index contributed by atoms with van der Waals surface area (Å²) >= 11 is 7.11. The smallest absolute Gasteiger partial charge is 0.357 e. The maximum Gasteiger partial charge on any atom is 0.433 e. The summed E-state index contributed by atoms with van der Waals surface area (Å²) in [4.78, 5) is 7.84. The quantitative estimate of drug-likeness (QED) is 0.912. The summed E-state index contributed by atoms with van der Waals surface area (Å²) in [5.41, 5.74) is -0.844. The minimum Gasteiger partial charge on any atom is -0.357 e. The fourth-order valence-electron chi connectivity index (χ4n) is 1.30. The van der Waals surface area contributed by atoms with Crippen molar-refractivity contribution >= 4 is 28.9 Å². The van der Waals surface area contributed by atoms with Gasteiger partial charge in [-0.25, -0.2) is 9.97 Å². The molecular formula is C10H7ClF3N3S. The second kappa shape index (κ2) is 4.74. The van der Waals surface area contributed by atoms with Crippen LogP contribution in [0.5, 0.6) is 0 Å². The van der Waals surface area contributed by atoms with Gasteiger partial charge in [0.05, 0.1) is 15.6 Å². The molecule has 0 amide bonds. The second-order valence-corrected chi connectivity index (χ2v) is 4.63. The van der Waals surface area contributed by atoms with Gasteiger partial charge in [0.1, 0.15) is 0 Å². The minimum atomic E-state index is -4.52. The summed E-state index contributed by atoms with van der Waals surface area (Å²) in [6.07, 6.45) is -4.52. The Bertz CT molecular complexity index is 568. The standard InChI is InChI=1S/C10H7ClF3N3S/c1-15-9-16-6(8-5(11)2-3-18-8)4-7(17-9)10(12,13)14/h2-4H,1H3,(H,15,16,17). The Labute approximate surface area is 110 Å². The Morgan fingerprint density at radius 2 is 2.06 bits per heavy atom. The number of thiophene rings is 1. The molecule has 0 saturated carbocycles. The molecule has 0 aliphatic heterocycles. The fraction of sp³-hybridized carbons (Fsp3) is 0.200. The number of rotatable bonds is 2. The molecular weight excluding hydrogens is 287 g/mol. The number of alkyl halides is 3. The molecule has 0 spiro atoms. The molecule has 2 heterocycles. The van der Waals surface area contributed by atoms with Crippen molar-refractivity contribution in [3.63, 3.8) is 0 Å². The summed E-state index contributed by atoms with van der Waals surface area (Å²) in [6, 6.07) is 2.49. The molecule has 0 aliphatic carbocycles. The van der Waals surface area contributed by atoms with E-state index in [0.717, 1.165) is 6.07 Å². The van der Waals surface area contributed by atoms with E-state index >= 15 is 0 Å². The van der Waals surface area contributed by atoms with Crippen molar-refractivity contribution in [1.82, 2.24) is 9.97 Å². The van der Waals surface area contributed by atoms with Gasteiger partial charge in [-0.3, -0.25) is 0 Å². The van der Waals surface area contributed by atoms with Gasteiger partial charge in [0.2, 0.25) is 5.95 Å². The number of nitrogens with one attached hydrogen (secondary N) is 1. The highest BCUT2D eigenvalue weighted by atomic mass is 35.5. The van der Waals surface area contributed by atoms with Crippen molar-refractivity contribution in [3.05, 3.63) is 28.2 Å².